The Morgan fingerprint density at radius 2 is 2.11 bits per heavy atom. The first-order chi connectivity index (χ1) is 13.5. The van der Waals surface area contributed by atoms with Gasteiger partial charge in [0.05, 0.1) is 18.1 Å². The molecule has 3 aromatic rings. The summed E-state index contributed by atoms with van der Waals surface area (Å²) in [5, 5.41) is 11.9. The van der Waals surface area contributed by atoms with Gasteiger partial charge in [-0.1, -0.05) is 23.2 Å². The van der Waals surface area contributed by atoms with Crippen LogP contribution in [0, 0.1) is 0 Å². The average Bonchev–Trinajstić information content (AvgIpc) is 3.34. The molecular weight excluding hydrogens is 401 g/mol. The molecule has 0 saturated carbocycles. The second-order valence-corrected chi connectivity index (χ2v) is 7.61. The highest BCUT2D eigenvalue weighted by Crippen LogP contribution is 2.26. The highest BCUT2D eigenvalue weighted by atomic mass is 35.5. The maximum atomic E-state index is 12.6. The number of likely N-dealkylation sites (N-methyl/N-ethyl adjacent to an activating group) is 1. The van der Waals surface area contributed by atoms with Crippen molar-refractivity contribution in [3.05, 3.63) is 40.8 Å². The number of likely N-dealkylation sites (tertiary alicyclic amines) is 1. The zero-order chi connectivity index (χ0) is 19.7. The summed E-state index contributed by atoms with van der Waals surface area (Å²) < 4.78 is 0. The number of aromatic nitrogens is 4. The molecule has 0 spiro atoms. The van der Waals surface area contributed by atoms with Gasteiger partial charge in [-0.25, -0.2) is 9.97 Å². The zero-order valence-electron chi connectivity index (χ0n) is 15.2. The van der Waals surface area contributed by atoms with E-state index >= 15 is 0 Å². The number of halogens is 2. The van der Waals surface area contributed by atoms with Crippen LogP contribution in [0.25, 0.3) is 11.0 Å². The number of carbonyl (C=O) groups is 1. The molecule has 0 bridgehead atoms. The minimum absolute atomic E-state index is 0.0307. The van der Waals surface area contributed by atoms with Crippen molar-refractivity contribution in [2.45, 2.75) is 12.5 Å². The van der Waals surface area contributed by atoms with Gasteiger partial charge >= 0.3 is 0 Å². The van der Waals surface area contributed by atoms with E-state index in [1.165, 1.54) is 6.33 Å². The van der Waals surface area contributed by atoms with Gasteiger partial charge in [0.1, 0.15) is 12.1 Å². The van der Waals surface area contributed by atoms with Crippen LogP contribution in [0.5, 0.6) is 0 Å². The lowest BCUT2D eigenvalue weighted by atomic mass is 10.2. The molecule has 1 fully saturated rings. The lowest BCUT2D eigenvalue weighted by molar-refractivity contribution is -0.128. The van der Waals surface area contributed by atoms with E-state index in [2.05, 4.69) is 30.4 Å². The highest BCUT2D eigenvalue weighted by Gasteiger charge is 2.30. The van der Waals surface area contributed by atoms with Gasteiger partial charge in [-0.05, 0) is 24.6 Å². The maximum absolute atomic E-state index is 12.6. The molecule has 1 aliphatic heterocycles. The lowest BCUT2D eigenvalue weighted by Gasteiger charge is -2.26. The number of nitrogens with zero attached hydrogens (tertiary/aromatic N) is 5. The number of carbonyl (C=O) groups excluding carboxylic acids is 1. The van der Waals surface area contributed by atoms with Crippen LogP contribution in [0.3, 0.4) is 0 Å². The number of anilines is 2. The van der Waals surface area contributed by atoms with E-state index in [0.717, 1.165) is 23.3 Å². The molecule has 0 aliphatic carbocycles. The van der Waals surface area contributed by atoms with Crippen molar-refractivity contribution in [3.63, 3.8) is 0 Å². The molecule has 1 saturated heterocycles. The van der Waals surface area contributed by atoms with Gasteiger partial charge < -0.3 is 15.1 Å². The molecule has 1 aromatic carbocycles. The Bertz CT molecular complexity index is 988. The first-order valence-electron chi connectivity index (χ1n) is 8.86. The molecule has 28 heavy (non-hydrogen) atoms. The Morgan fingerprint density at radius 1 is 1.32 bits per heavy atom. The number of hydrogen-bond donors (Lipinski definition) is 2. The molecule has 0 unspecified atom stereocenters. The summed E-state index contributed by atoms with van der Waals surface area (Å²) in [7, 11) is 1.99. The molecule has 2 N–H and O–H groups in total. The number of nitrogens with one attached hydrogen (secondary N) is 2. The smallest absolute Gasteiger partial charge is 0.241 e. The fourth-order valence-electron chi connectivity index (χ4n) is 3.44. The van der Waals surface area contributed by atoms with Crippen molar-refractivity contribution in [1.82, 2.24) is 25.1 Å². The Morgan fingerprint density at radius 3 is 2.89 bits per heavy atom. The van der Waals surface area contributed by atoms with Gasteiger partial charge in [-0.2, -0.15) is 5.10 Å². The predicted octanol–water partition coefficient (Wildman–Crippen LogP) is 2.81. The van der Waals surface area contributed by atoms with Crippen LogP contribution in [0.2, 0.25) is 10.0 Å². The standard InChI is InChI=1S/C18H19Cl2N7O/c1-26(18-15-7-24-25-17(15)22-10-23-18)14-2-3-27(9-14)16(28)8-21-13-5-11(19)4-12(20)6-13/h4-7,10,14,21H,2-3,8-9H2,1H3,(H,22,23,24,25)/t14-/m1/s1. The first-order valence-corrected chi connectivity index (χ1v) is 9.61. The summed E-state index contributed by atoms with van der Waals surface area (Å²) in [6.07, 6.45) is 4.11. The zero-order valence-corrected chi connectivity index (χ0v) is 16.7. The summed E-state index contributed by atoms with van der Waals surface area (Å²) in [5.74, 6) is 0.841. The van der Waals surface area contributed by atoms with Gasteiger partial charge in [0.15, 0.2) is 5.65 Å². The molecular formula is C18H19Cl2N7O. The summed E-state index contributed by atoms with van der Waals surface area (Å²) in [6.45, 7) is 1.52. The molecule has 3 heterocycles. The average molecular weight is 420 g/mol. The topological polar surface area (TPSA) is 90.0 Å². The maximum Gasteiger partial charge on any atom is 0.241 e. The lowest BCUT2D eigenvalue weighted by Crippen LogP contribution is -2.39. The summed E-state index contributed by atoms with van der Waals surface area (Å²) in [5.41, 5.74) is 1.43. The van der Waals surface area contributed by atoms with E-state index < -0.39 is 0 Å². The molecule has 8 nitrogen and oxygen atoms in total. The van der Waals surface area contributed by atoms with Crippen molar-refractivity contribution in [1.29, 1.82) is 0 Å². The molecule has 146 valence electrons. The van der Waals surface area contributed by atoms with Crippen molar-refractivity contribution < 1.29 is 4.79 Å². The number of fused-ring (bicyclic) bond motifs is 1. The monoisotopic (exact) mass is 419 g/mol. The van der Waals surface area contributed by atoms with Gasteiger partial charge in [-0.3, -0.25) is 9.89 Å². The second kappa shape index (κ2) is 7.81. The number of rotatable bonds is 5. The minimum Gasteiger partial charge on any atom is -0.376 e. The minimum atomic E-state index is 0.0307. The van der Waals surface area contributed by atoms with Crippen molar-refractivity contribution in [3.8, 4) is 0 Å². The highest BCUT2D eigenvalue weighted by molar-refractivity contribution is 6.35. The van der Waals surface area contributed by atoms with Crippen molar-refractivity contribution in [2.75, 3.05) is 36.9 Å². The number of hydrogen-bond acceptors (Lipinski definition) is 6. The number of amides is 1. The van der Waals surface area contributed by atoms with E-state index in [-0.39, 0.29) is 18.5 Å². The Labute approximate surface area is 171 Å². The Kier molecular flexibility index (Phi) is 5.23. The second-order valence-electron chi connectivity index (χ2n) is 6.73. The van der Waals surface area contributed by atoms with E-state index in [4.69, 9.17) is 23.2 Å². The fourth-order valence-corrected chi connectivity index (χ4v) is 3.96. The van der Waals surface area contributed by atoms with Crippen LogP contribution in [0.1, 0.15) is 6.42 Å². The van der Waals surface area contributed by atoms with Gasteiger partial charge in [-0.15, -0.1) is 0 Å². The molecule has 1 amide bonds. The molecule has 0 radical (unpaired) electrons. The molecule has 2 aromatic heterocycles. The number of benzene rings is 1. The third kappa shape index (κ3) is 3.83. The normalized spacial score (nSPS) is 16.5. The van der Waals surface area contributed by atoms with Crippen LogP contribution in [-0.2, 0) is 4.79 Å². The summed E-state index contributed by atoms with van der Waals surface area (Å²) >= 11 is 12.0. The molecule has 1 atom stereocenters. The molecule has 10 heteroatoms. The van der Waals surface area contributed by atoms with Gasteiger partial charge in [0.2, 0.25) is 5.91 Å². The fraction of sp³-hybridized carbons (Fsp3) is 0.333. The van der Waals surface area contributed by atoms with Crippen LogP contribution in [0.15, 0.2) is 30.7 Å². The Balaban J connectivity index is 1.38. The predicted molar refractivity (Wildman–Crippen MR) is 110 cm³/mol. The van der Waals surface area contributed by atoms with Crippen molar-refractivity contribution >= 4 is 51.6 Å². The van der Waals surface area contributed by atoms with Crippen molar-refractivity contribution in [2.24, 2.45) is 0 Å². The SMILES string of the molecule is CN(c1ncnc2[nH]ncc12)[C@@H]1CCN(C(=O)CNc2cc(Cl)cc(Cl)c2)C1. The number of H-pyrrole nitrogens is 1. The summed E-state index contributed by atoms with van der Waals surface area (Å²) in [4.78, 5) is 25.1. The van der Waals surface area contributed by atoms with E-state index in [1.54, 1.807) is 24.4 Å². The van der Waals surface area contributed by atoms with E-state index in [9.17, 15) is 4.79 Å². The number of aromatic amines is 1. The van der Waals surface area contributed by atoms with Crippen LogP contribution in [-0.4, -0.2) is 63.7 Å². The summed E-state index contributed by atoms with van der Waals surface area (Å²) in [6, 6.07) is 5.32. The van der Waals surface area contributed by atoms with Crippen LogP contribution in [0.4, 0.5) is 11.5 Å². The molecule has 1 aliphatic rings. The Hall–Kier alpha value is -2.58. The van der Waals surface area contributed by atoms with Gasteiger partial charge in [0, 0.05) is 41.9 Å². The van der Waals surface area contributed by atoms with E-state index in [0.29, 0.717) is 28.8 Å². The third-order valence-corrected chi connectivity index (χ3v) is 5.37. The van der Waals surface area contributed by atoms with Crippen LogP contribution >= 0.6 is 23.2 Å². The first kappa shape index (κ1) is 18.8. The van der Waals surface area contributed by atoms with Gasteiger partial charge in [0.25, 0.3) is 0 Å². The molecule has 4 rings (SSSR count). The quantitative estimate of drug-likeness (QED) is 0.660. The van der Waals surface area contributed by atoms with Crippen LogP contribution < -0.4 is 10.2 Å². The largest absolute Gasteiger partial charge is 0.376 e. The van der Waals surface area contributed by atoms with E-state index in [1.807, 2.05) is 11.9 Å². The third-order valence-electron chi connectivity index (χ3n) is 4.93.